The van der Waals surface area contributed by atoms with E-state index in [1.54, 1.807) is 12.1 Å². The molecule has 3 aromatic carbocycles. The first-order valence-corrected chi connectivity index (χ1v) is 10.1. The number of aryl methyl sites for hydroxylation is 1. The third-order valence-electron chi connectivity index (χ3n) is 5.25. The molecular weight excluding hydrogens is 396 g/mol. The second-order valence-electron chi connectivity index (χ2n) is 7.20. The lowest BCUT2D eigenvalue weighted by atomic mass is 10.1. The number of aromatic nitrogens is 1. The van der Waals surface area contributed by atoms with Gasteiger partial charge in [0.2, 0.25) is 0 Å². The van der Waals surface area contributed by atoms with Gasteiger partial charge in [0.1, 0.15) is 0 Å². The van der Waals surface area contributed by atoms with Gasteiger partial charge in [-0.3, -0.25) is 10.1 Å². The lowest BCUT2D eigenvalue weighted by molar-refractivity contribution is -0.384. The number of nitrogens with one attached hydrogen (secondary N) is 1. The molecule has 0 saturated carbocycles. The molecule has 0 spiro atoms. The van der Waals surface area contributed by atoms with Crippen LogP contribution in [0.1, 0.15) is 12.5 Å². The molecule has 0 saturated heterocycles. The molecule has 152 valence electrons. The molecular formula is C23H22N4O2S. The van der Waals surface area contributed by atoms with E-state index in [1.165, 1.54) is 33.9 Å². The third-order valence-corrected chi connectivity index (χ3v) is 5.66. The molecule has 1 aromatic heterocycles. The maximum Gasteiger partial charge on any atom is 0.269 e. The average Bonchev–Trinajstić information content (AvgIpc) is 3.07. The number of anilines is 1. The highest BCUT2D eigenvalue weighted by atomic mass is 32.1. The molecule has 4 aromatic rings. The van der Waals surface area contributed by atoms with Crippen molar-refractivity contribution in [3.63, 3.8) is 0 Å². The molecule has 6 nitrogen and oxygen atoms in total. The third kappa shape index (κ3) is 3.71. The standard InChI is InChI=1S/C23H22N4O2S/c1-3-26-21-7-5-4-6-19(21)20-14-16(8-13-22(20)26)15-25(2)23(30)24-17-9-11-18(12-10-17)27(28)29/h4-14H,3,15H2,1-2H3,(H,24,30). The monoisotopic (exact) mass is 418 g/mol. The molecule has 1 heterocycles. The van der Waals surface area contributed by atoms with Gasteiger partial charge in [-0.2, -0.15) is 0 Å². The molecule has 30 heavy (non-hydrogen) atoms. The number of hydrogen-bond donors (Lipinski definition) is 1. The van der Waals surface area contributed by atoms with Crippen LogP contribution in [0.15, 0.2) is 66.7 Å². The van der Waals surface area contributed by atoms with Crippen molar-refractivity contribution < 1.29 is 4.92 Å². The topological polar surface area (TPSA) is 63.3 Å². The molecule has 0 bridgehead atoms. The number of benzene rings is 3. The van der Waals surface area contributed by atoms with Crippen LogP contribution in [0.25, 0.3) is 21.8 Å². The van der Waals surface area contributed by atoms with Crippen LogP contribution in [-0.4, -0.2) is 26.6 Å². The van der Waals surface area contributed by atoms with Crippen LogP contribution < -0.4 is 5.32 Å². The van der Waals surface area contributed by atoms with Crippen LogP contribution in [0.2, 0.25) is 0 Å². The van der Waals surface area contributed by atoms with Gasteiger partial charge >= 0.3 is 0 Å². The summed E-state index contributed by atoms with van der Waals surface area (Å²) in [6, 6.07) is 21.3. The smallest absolute Gasteiger partial charge is 0.269 e. The maximum absolute atomic E-state index is 10.8. The van der Waals surface area contributed by atoms with Crippen molar-refractivity contribution in [1.29, 1.82) is 0 Å². The number of hydrogen-bond acceptors (Lipinski definition) is 3. The molecule has 7 heteroatoms. The zero-order chi connectivity index (χ0) is 21.3. The Kier molecular flexibility index (Phi) is 5.37. The number of nitro groups is 1. The summed E-state index contributed by atoms with van der Waals surface area (Å²) < 4.78 is 2.33. The first-order valence-electron chi connectivity index (χ1n) is 9.74. The summed E-state index contributed by atoms with van der Waals surface area (Å²) >= 11 is 5.51. The summed E-state index contributed by atoms with van der Waals surface area (Å²) in [4.78, 5) is 12.3. The predicted octanol–water partition coefficient (Wildman–Crippen LogP) is 5.55. The van der Waals surface area contributed by atoms with E-state index in [2.05, 4.69) is 59.3 Å². The van der Waals surface area contributed by atoms with Crippen LogP contribution >= 0.6 is 12.2 Å². The van der Waals surface area contributed by atoms with Crippen molar-refractivity contribution in [3.8, 4) is 0 Å². The fourth-order valence-corrected chi connectivity index (χ4v) is 3.95. The van der Waals surface area contributed by atoms with E-state index in [0.717, 1.165) is 17.8 Å². The Morgan fingerprint density at radius 1 is 1.07 bits per heavy atom. The highest BCUT2D eigenvalue weighted by Gasteiger charge is 2.12. The van der Waals surface area contributed by atoms with Crippen molar-refractivity contribution in [2.24, 2.45) is 0 Å². The van der Waals surface area contributed by atoms with E-state index < -0.39 is 4.92 Å². The van der Waals surface area contributed by atoms with E-state index in [-0.39, 0.29) is 5.69 Å². The first-order chi connectivity index (χ1) is 14.5. The highest BCUT2D eigenvalue weighted by Crippen LogP contribution is 2.30. The number of fused-ring (bicyclic) bond motifs is 3. The maximum atomic E-state index is 10.8. The minimum Gasteiger partial charge on any atom is -0.348 e. The van der Waals surface area contributed by atoms with Crippen LogP contribution in [0.4, 0.5) is 11.4 Å². The van der Waals surface area contributed by atoms with Crippen LogP contribution in [-0.2, 0) is 13.1 Å². The number of para-hydroxylation sites is 1. The normalized spacial score (nSPS) is 11.0. The van der Waals surface area contributed by atoms with Gasteiger partial charge in [0, 0.05) is 59.8 Å². The van der Waals surface area contributed by atoms with Gasteiger partial charge in [0.15, 0.2) is 5.11 Å². The predicted molar refractivity (Wildman–Crippen MR) is 126 cm³/mol. The quantitative estimate of drug-likeness (QED) is 0.261. The van der Waals surface area contributed by atoms with E-state index in [9.17, 15) is 10.1 Å². The summed E-state index contributed by atoms with van der Waals surface area (Å²) in [7, 11) is 1.93. The fraction of sp³-hybridized carbons (Fsp3) is 0.174. The van der Waals surface area contributed by atoms with E-state index in [1.807, 2.05) is 11.9 Å². The highest BCUT2D eigenvalue weighted by molar-refractivity contribution is 7.80. The van der Waals surface area contributed by atoms with Crippen LogP contribution in [0.5, 0.6) is 0 Å². The number of non-ortho nitro benzene ring substituents is 1. The van der Waals surface area contributed by atoms with Gasteiger partial charge in [-0.1, -0.05) is 24.3 Å². The van der Waals surface area contributed by atoms with Crippen LogP contribution in [0.3, 0.4) is 0 Å². The Morgan fingerprint density at radius 2 is 1.77 bits per heavy atom. The Bertz CT molecular complexity index is 1250. The number of rotatable bonds is 5. The molecule has 0 atom stereocenters. The summed E-state index contributed by atoms with van der Waals surface area (Å²) in [5.41, 5.74) is 4.42. The van der Waals surface area contributed by atoms with Gasteiger partial charge in [-0.05, 0) is 55.0 Å². The minimum atomic E-state index is -0.417. The Labute approximate surface area is 179 Å². The number of nitro benzene ring substituents is 1. The average molecular weight is 419 g/mol. The minimum absolute atomic E-state index is 0.0550. The van der Waals surface area contributed by atoms with Gasteiger partial charge in [0.25, 0.3) is 5.69 Å². The molecule has 0 aliphatic heterocycles. The van der Waals surface area contributed by atoms with Crippen molar-refractivity contribution >= 4 is 50.5 Å². The van der Waals surface area contributed by atoms with Gasteiger partial charge in [-0.15, -0.1) is 0 Å². The van der Waals surface area contributed by atoms with E-state index >= 15 is 0 Å². The summed E-state index contributed by atoms with van der Waals surface area (Å²) in [5, 5.41) is 17.0. The SMILES string of the molecule is CCn1c2ccccc2c2cc(CN(C)C(=S)Nc3ccc([N+](=O)[O-])cc3)ccc21. The van der Waals surface area contributed by atoms with E-state index in [0.29, 0.717) is 11.7 Å². The zero-order valence-electron chi connectivity index (χ0n) is 16.8. The largest absolute Gasteiger partial charge is 0.348 e. The molecule has 0 aliphatic rings. The Morgan fingerprint density at radius 3 is 2.47 bits per heavy atom. The summed E-state index contributed by atoms with van der Waals surface area (Å²) in [6.07, 6.45) is 0. The number of nitrogens with zero attached hydrogens (tertiary/aromatic N) is 3. The van der Waals surface area contributed by atoms with Crippen molar-refractivity contribution in [2.45, 2.75) is 20.0 Å². The summed E-state index contributed by atoms with van der Waals surface area (Å²) in [6.45, 7) is 3.74. The lowest BCUT2D eigenvalue weighted by Gasteiger charge is -2.21. The Hall–Kier alpha value is -3.45. The molecule has 0 fully saturated rings. The molecule has 1 N–H and O–H groups in total. The number of thiocarbonyl (C=S) groups is 1. The van der Waals surface area contributed by atoms with E-state index in [4.69, 9.17) is 12.2 Å². The van der Waals surface area contributed by atoms with Crippen molar-refractivity contribution in [3.05, 3.63) is 82.4 Å². The second kappa shape index (κ2) is 8.12. The van der Waals surface area contributed by atoms with Gasteiger partial charge in [-0.25, -0.2) is 0 Å². The molecule has 4 rings (SSSR count). The van der Waals surface area contributed by atoms with Gasteiger partial charge < -0.3 is 14.8 Å². The molecule has 0 aliphatic carbocycles. The van der Waals surface area contributed by atoms with Crippen LogP contribution in [0, 0.1) is 10.1 Å². The van der Waals surface area contributed by atoms with Crippen molar-refractivity contribution in [2.75, 3.05) is 12.4 Å². The first kappa shape index (κ1) is 19.8. The zero-order valence-corrected chi connectivity index (χ0v) is 17.6. The molecule has 0 amide bonds. The molecule has 0 unspecified atom stereocenters. The second-order valence-corrected chi connectivity index (χ2v) is 7.59. The van der Waals surface area contributed by atoms with Gasteiger partial charge in [0.05, 0.1) is 4.92 Å². The van der Waals surface area contributed by atoms with Crippen molar-refractivity contribution in [1.82, 2.24) is 9.47 Å². The summed E-state index contributed by atoms with van der Waals surface area (Å²) in [5.74, 6) is 0. The lowest BCUT2D eigenvalue weighted by Crippen LogP contribution is -2.30. The Balaban J connectivity index is 1.53. The fourth-order valence-electron chi connectivity index (χ4n) is 3.77. The molecule has 0 radical (unpaired) electrons.